The van der Waals surface area contributed by atoms with Crippen molar-refractivity contribution in [2.45, 2.75) is 19.3 Å². The molecule has 1 aliphatic rings. The molecule has 1 fully saturated rings. The number of aromatic nitrogens is 2. The summed E-state index contributed by atoms with van der Waals surface area (Å²) in [4.78, 5) is 26.6. The summed E-state index contributed by atoms with van der Waals surface area (Å²) >= 11 is 0. The van der Waals surface area contributed by atoms with Crippen molar-refractivity contribution in [1.82, 2.24) is 10.2 Å². The van der Waals surface area contributed by atoms with E-state index in [-0.39, 0.29) is 24.3 Å². The Morgan fingerprint density at radius 1 is 1.17 bits per heavy atom. The van der Waals surface area contributed by atoms with E-state index >= 15 is 0 Å². The summed E-state index contributed by atoms with van der Waals surface area (Å²) in [5.41, 5.74) is 1.21. The van der Waals surface area contributed by atoms with Crippen molar-refractivity contribution < 1.29 is 18.7 Å². The molecule has 1 unspecified atom stereocenters. The zero-order valence-corrected chi connectivity index (χ0v) is 15.9. The normalized spacial score (nSPS) is 16.1. The van der Waals surface area contributed by atoms with Crippen molar-refractivity contribution in [3.8, 4) is 5.75 Å². The van der Waals surface area contributed by atoms with Crippen LogP contribution in [0.25, 0.3) is 0 Å². The van der Waals surface area contributed by atoms with Gasteiger partial charge in [-0.1, -0.05) is 35.4 Å². The molecule has 8 heteroatoms. The van der Waals surface area contributed by atoms with Crippen LogP contribution in [0.1, 0.15) is 35.5 Å². The molecule has 2 aromatic carbocycles. The molecule has 1 aliphatic heterocycles. The van der Waals surface area contributed by atoms with Crippen molar-refractivity contribution in [2.24, 2.45) is 0 Å². The molecule has 1 N–H and O–H groups in total. The second-order valence-electron chi connectivity index (χ2n) is 6.57. The smallest absolute Gasteiger partial charge is 0.322 e. The van der Waals surface area contributed by atoms with Gasteiger partial charge in [-0.15, -0.1) is 5.10 Å². The molecule has 0 saturated carbocycles. The van der Waals surface area contributed by atoms with Gasteiger partial charge in [0.05, 0.1) is 18.1 Å². The Morgan fingerprint density at radius 3 is 2.72 bits per heavy atom. The molecule has 0 spiro atoms. The average molecular weight is 392 g/mol. The highest BCUT2D eigenvalue weighted by Crippen LogP contribution is 2.31. The lowest BCUT2D eigenvalue weighted by Crippen LogP contribution is -2.24. The quantitative estimate of drug-likeness (QED) is 0.692. The molecule has 0 bridgehead atoms. The van der Waals surface area contributed by atoms with Gasteiger partial charge in [-0.05, 0) is 31.2 Å². The zero-order chi connectivity index (χ0) is 20.2. The van der Waals surface area contributed by atoms with Crippen molar-refractivity contribution in [3.63, 3.8) is 0 Å². The lowest BCUT2D eigenvalue weighted by atomic mass is 10.1. The van der Waals surface area contributed by atoms with Crippen LogP contribution in [0.4, 0.5) is 11.7 Å². The van der Waals surface area contributed by atoms with Gasteiger partial charge in [-0.25, -0.2) is 0 Å². The Morgan fingerprint density at radius 2 is 1.93 bits per heavy atom. The molecule has 4 rings (SSSR count). The van der Waals surface area contributed by atoms with E-state index in [2.05, 4.69) is 15.5 Å². The van der Waals surface area contributed by atoms with Crippen molar-refractivity contribution in [2.75, 3.05) is 23.4 Å². The van der Waals surface area contributed by atoms with Crippen LogP contribution in [-0.4, -0.2) is 35.2 Å². The van der Waals surface area contributed by atoms with E-state index in [0.717, 1.165) is 5.69 Å². The largest absolute Gasteiger partial charge is 0.493 e. The fourth-order valence-corrected chi connectivity index (χ4v) is 3.28. The Kier molecular flexibility index (Phi) is 5.24. The van der Waals surface area contributed by atoms with E-state index in [1.54, 1.807) is 29.2 Å². The third-order valence-electron chi connectivity index (χ3n) is 4.63. The van der Waals surface area contributed by atoms with Crippen LogP contribution < -0.4 is 15.0 Å². The van der Waals surface area contributed by atoms with Crippen LogP contribution in [-0.2, 0) is 4.79 Å². The molecule has 148 valence electrons. The minimum absolute atomic E-state index is 0.00405. The second-order valence-corrected chi connectivity index (χ2v) is 6.57. The molecule has 8 nitrogen and oxygen atoms in total. The Hall–Kier alpha value is -3.68. The van der Waals surface area contributed by atoms with Crippen molar-refractivity contribution in [1.29, 1.82) is 0 Å². The number of hydrogen-bond donors (Lipinski definition) is 1. The summed E-state index contributed by atoms with van der Waals surface area (Å²) in [5, 5.41) is 10.5. The zero-order valence-electron chi connectivity index (χ0n) is 15.9. The van der Waals surface area contributed by atoms with E-state index in [9.17, 15) is 9.59 Å². The fraction of sp³-hybridized carbons (Fsp3) is 0.238. The summed E-state index contributed by atoms with van der Waals surface area (Å²) in [6.45, 7) is 2.74. The monoisotopic (exact) mass is 392 g/mol. The third-order valence-corrected chi connectivity index (χ3v) is 4.63. The first-order valence-corrected chi connectivity index (χ1v) is 9.37. The number of anilines is 2. The highest BCUT2D eigenvalue weighted by atomic mass is 16.5. The highest BCUT2D eigenvalue weighted by Gasteiger charge is 2.35. The SMILES string of the molecule is CCOc1ccccc1C(=O)Nc1nnc(C2CC(=O)N(c3ccccc3)C2)o1. The van der Waals surface area contributed by atoms with Crippen molar-refractivity contribution >= 4 is 23.5 Å². The summed E-state index contributed by atoms with van der Waals surface area (Å²) < 4.78 is 11.1. The maximum atomic E-state index is 12.5. The van der Waals surface area contributed by atoms with Crippen LogP contribution in [0, 0.1) is 0 Å². The summed E-state index contributed by atoms with van der Waals surface area (Å²) in [6.07, 6.45) is 0.275. The molecule has 2 heterocycles. The van der Waals surface area contributed by atoms with Gasteiger partial charge in [0.15, 0.2) is 0 Å². The van der Waals surface area contributed by atoms with Gasteiger partial charge in [0.25, 0.3) is 5.91 Å². The van der Waals surface area contributed by atoms with E-state index in [4.69, 9.17) is 9.15 Å². The van der Waals surface area contributed by atoms with Gasteiger partial charge in [0.2, 0.25) is 11.8 Å². The van der Waals surface area contributed by atoms with E-state index in [1.165, 1.54) is 0 Å². The maximum Gasteiger partial charge on any atom is 0.322 e. The predicted molar refractivity (Wildman–Crippen MR) is 106 cm³/mol. The van der Waals surface area contributed by atoms with Gasteiger partial charge in [-0.3, -0.25) is 14.9 Å². The van der Waals surface area contributed by atoms with E-state index in [1.807, 2.05) is 37.3 Å². The standard InChI is InChI=1S/C21H20N4O4/c1-2-28-17-11-7-6-10-16(17)19(27)22-21-24-23-20(29-21)14-12-18(26)25(13-14)15-8-4-3-5-9-15/h3-11,14H,2,12-13H2,1H3,(H,22,24,27). The highest BCUT2D eigenvalue weighted by molar-refractivity contribution is 6.05. The number of carbonyl (C=O) groups is 2. The number of hydrogen-bond acceptors (Lipinski definition) is 6. The number of amides is 2. The Bertz CT molecular complexity index is 1020. The number of para-hydroxylation sites is 2. The second kappa shape index (κ2) is 8.14. The molecule has 1 aromatic heterocycles. The summed E-state index contributed by atoms with van der Waals surface area (Å²) in [5.74, 6) is 0.169. The van der Waals surface area contributed by atoms with Crippen LogP contribution in [0.2, 0.25) is 0 Å². The summed E-state index contributed by atoms with van der Waals surface area (Å²) in [7, 11) is 0. The summed E-state index contributed by atoms with van der Waals surface area (Å²) in [6, 6.07) is 16.4. The Balaban J connectivity index is 1.45. The molecular weight excluding hydrogens is 372 g/mol. The fourth-order valence-electron chi connectivity index (χ4n) is 3.28. The molecule has 1 saturated heterocycles. The van der Waals surface area contributed by atoms with Crippen LogP contribution in [0.3, 0.4) is 0 Å². The minimum atomic E-state index is -0.405. The van der Waals surface area contributed by atoms with Crippen LogP contribution in [0.15, 0.2) is 59.0 Å². The third kappa shape index (κ3) is 3.96. The number of rotatable bonds is 6. The molecule has 2 amide bonds. The number of nitrogens with zero attached hydrogens (tertiary/aromatic N) is 3. The topological polar surface area (TPSA) is 97.6 Å². The van der Waals surface area contributed by atoms with E-state index < -0.39 is 5.91 Å². The van der Waals surface area contributed by atoms with Crippen LogP contribution >= 0.6 is 0 Å². The first kappa shape index (κ1) is 18.7. The van der Waals surface area contributed by atoms with Crippen molar-refractivity contribution in [3.05, 3.63) is 66.1 Å². The van der Waals surface area contributed by atoms with Gasteiger partial charge in [0, 0.05) is 18.7 Å². The molecular formula is C21H20N4O4. The van der Waals surface area contributed by atoms with Gasteiger partial charge in [0.1, 0.15) is 5.75 Å². The first-order chi connectivity index (χ1) is 14.2. The predicted octanol–water partition coefficient (Wildman–Crippen LogP) is 3.24. The number of benzene rings is 2. The Labute approximate surface area is 167 Å². The lowest BCUT2D eigenvalue weighted by Gasteiger charge is -2.15. The van der Waals surface area contributed by atoms with Gasteiger partial charge in [-0.2, -0.15) is 0 Å². The van der Waals surface area contributed by atoms with Gasteiger partial charge >= 0.3 is 6.01 Å². The molecule has 29 heavy (non-hydrogen) atoms. The molecule has 1 atom stereocenters. The first-order valence-electron chi connectivity index (χ1n) is 9.37. The van der Waals surface area contributed by atoms with E-state index in [0.29, 0.717) is 30.4 Å². The van der Waals surface area contributed by atoms with Gasteiger partial charge < -0.3 is 14.1 Å². The minimum Gasteiger partial charge on any atom is -0.493 e. The average Bonchev–Trinajstić information content (AvgIpc) is 3.36. The lowest BCUT2D eigenvalue weighted by molar-refractivity contribution is -0.117. The number of ether oxygens (including phenoxy) is 1. The number of nitrogens with one attached hydrogen (secondary N) is 1. The number of carbonyl (C=O) groups excluding carboxylic acids is 2. The molecule has 0 radical (unpaired) electrons. The maximum absolute atomic E-state index is 12.5. The molecule has 0 aliphatic carbocycles. The van der Waals surface area contributed by atoms with Crippen LogP contribution in [0.5, 0.6) is 5.75 Å². The molecule has 3 aromatic rings.